The Hall–Kier alpha value is -3.88. The van der Waals surface area contributed by atoms with E-state index in [2.05, 4.69) is 53.2 Å². The van der Waals surface area contributed by atoms with Crippen LogP contribution in [0.5, 0.6) is 11.8 Å². The first kappa shape index (κ1) is 25.8. The molecule has 0 aliphatic carbocycles. The second-order valence-corrected chi connectivity index (χ2v) is 11.1. The lowest BCUT2D eigenvalue weighted by molar-refractivity contribution is 0.00877. The van der Waals surface area contributed by atoms with Gasteiger partial charge in [-0.15, -0.1) is 5.10 Å². The summed E-state index contributed by atoms with van der Waals surface area (Å²) in [6.45, 7) is 12.3. The van der Waals surface area contributed by atoms with Crippen molar-refractivity contribution in [2.75, 3.05) is 31.6 Å². The van der Waals surface area contributed by atoms with Crippen LogP contribution in [0.2, 0.25) is 0 Å². The molecule has 1 atom stereocenters. The smallest absolute Gasteiger partial charge is 0.410 e. The molecular weight excluding hydrogens is 482 g/mol. The molecular formula is C29H35N5O4. The van der Waals surface area contributed by atoms with Crippen LogP contribution in [0.25, 0.3) is 22.3 Å². The summed E-state index contributed by atoms with van der Waals surface area (Å²) in [6.07, 6.45) is 1.47. The molecule has 9 nitrogen and oxygen atoms in total. The van der Waals surface area contributed by atoms with Gasteiger partial charge in [0.1, 0.15) is 18.0 Å². The monoisotopic (exact) mass is 517 g/mol. The normalized spacial score (nSPS) is 17.0. The molecule has 0 unspecified atom stereocenters. The van der Waals surface area contributed by atoms with Crippen molar-refractivity contribution in [2.45, 2.75) is 52.9 Å². The third kappa shape index (κ3) is 5.23. The van der Waals surface area contributed by atoms with Gasteiger partial charge in [-0.05, 0) is 61.6 Å². The van der Waals surface area contributed by atoms with E-state index in [4.69, 9.17) is 19.2 Å². The van der Waals surface area contributed by atoms with E-state index in [0.29, 0.717) is 38.0 Å². The average Bonchev–Trinajstić information content (AvgIpc) is 2.91. The number of hydrogen-bond acceptors (Lipinski definition) is 8. The summed E-state index contributed by atoms with van der Waals surface area (Å²) in [5, 5.41) is 7.98. The zero-order valence-corrected chi connectivity index (χ0v) is 22.9. The second kappa shape index (κ2) is 10.1. The van der Waals surface area contributed by atoms with Gasteiger partial charge in [-0.2, -0.15) is 10.1 Å². The molecule has 0 spiro atoms. The fourth-order valence-corrected chi connectivity index (χ4v) is 4.96. The van der Waals surface area contributed by atoms with E-state index in [-0.39, 0.29) is 18.1 Å². The van der Waals surface area contributed by atoms with Crippen LogP contribution >= 0.6 is 0 Å². The van der Waals surface area contributed by atoms with Crippen LogP contribution in [-0.4, -0.2) is 64.6 Å². The summed E-state index contributed by atoms with van der Waals surface area (Å²) in [5.41, 5.74) is 4.61. The molecule has 2 aliphatic heterocycles. The van der Waals surface area contributed by atoms with E-state index in [1.807, 2.05) is 37.8 Å². The lowest BCUT2D eigenvalue weighted by Gasteiger charge is -2.44. The number of pyridine rings is 1. The highest BCUT2D eigenvalue weighted by Crippen LogP contribution is 2.39. The van der Waals surface area contributed by atoms with Crippen molar-refractivity contribution >= 4 is 11.9 Å². The molecule has 1 saturated heterocycles. The Kier molecular flexibility index (Phi) is 6.86. The first-order valence-electron chi connectivity index (χ1n) is 13.0. The van der Waals surface area contributed by atoms with Gasteiger partial charge < -0.3 is 24.0 Å². The van der Waals surface area contributed by atoms with Gasteiger partial charge in [0.25, 0.3) is 0 Å². The molecule has 3 aromatic rings. The van der Waals surface area contributed by atoms with Crippen molar-refractivity contribution in [3.8, 4) is 34.0 Å². The maximum absolute atomic E-state index is 12.9. The molecule has 2 aliphatic rings. The minimum Gasteiger partial charge on any atom is -0.480 e. The summed E-state index contributed by atoms with van der Waals surface area (Å²) >= 11 is 0. The third-order valence-electron chi connectivity index (χ3n) is 6.92. The van der Waals surface area contributed by atoms with Gasteiger partial charge in [-0.3, -0.25) is 0 Å². The number of benzene rings is 1. The molecule has 0 radical (unpaired) electrons. The highest BCUT2D eigenvalue weighted by atomic mass is 16.6. The van der Waals surface area contributed by atoms with Crippen molar-refractivity contribution in [3.63, 3.8) is 0 Å². The molecule has 1 amide bonds. The van der Waals surface area contributed by atoms with Gasteiger partial charge in [0.2, 0.25) is 11.8 Å². The Morgan fingerprint density at radius 2 is 1.87 bits per heavy atom. The largest absolute Gasteiger partial charge is 0.480 e. The van der Waals surface area contributed by atoms with Crippen LogP contribution in [0.3, 0.4) is 0 Å². The maximum Gasteiger partial charge on any atom is 0.410 e. The van der Waals surface area contributed by atoms with E-state index < -0.39 is 5.60 Å². The Morgan fingerprint density at radius 3 is 2.61 bits per heavy atom. The number of rotatable bonds is 4. The molecule has 0 N–H and O–H groups in total. The Balaban J connectivity index is 1.36. The second-order valence-electron chi connectivity index (χ2n) is 11.1. The number of amides is 1. The molecule has 38 heavy (non-hydrogen) atoms. The first-order chi connectivity index (χ1) is 18.1. The number of carbonyl (C=O) groups excluding carboxylic acids is 1. The topological polar surface area (TPSA) is 89.9 Å². The van der Waals surface area contributed by atoms with Crippen LogP contribution in [0, 0.1) is 5.92 Å². The Morgan fingerprint density at radius 1 is 1.08 bits per heavy atom. The van der Waals surface area contributed by atoms with Gasteiger partial charge in [0.15, 0.2) is 0 Å². The highest BCUT2D eigenvalue weighted by Gasteiger charge is 2.35. The van der Waals surface area contributed by atoms with E-state index in [9.17, 15) is 4.79 Å². The van der Waals surface area contributed by atoms with Crippen molar-refractivity contribution < 1.29 is 19.0 Å². The summed E-state index contributed by atoms with van der Waals surface area (Å²) in [7, 11) is 1.58. The molecule has 4 heterocycles. The molecule has 9 heteroatoms. The van der Waals surface area contributed by atoms with Gasteiger partial charge in [-0.25, -0.2) is 4.79 Å². The van der Waals surface area contributed by atoms with Crippen LogP contribution in [0.15, 0.2) is 42.6 Å². The van der Waals surface area contributed by atoms with Gasteiger partial charge in [-0.1, -0.05) is 26.0 Å². The number of piperazine rings is 1. The maximum atomic E-state index is 12.9. The average molecular weight is 518 g/mol. The number of carbonyl (C=O) groups is 1. The van der Waals surface area contributed by atoms with Crippen LogP contribution in [0.1, 0.15) is 40.2 Å². The number of anilines is 1. The van der Waals surface area contributed by atoms with Gasteiger partial charge >= 0.3 is 6.09 Å². The number of hydrogen-bond donors (Lipinski definition) is 0. The van der Waals surface area contributed by atoms with Gasteiger partial charge in [0.05, 0.1) is 19.3 Å². The van der Waals surface area contributed by atoms with Crippen molar-refractivity contribution in [1.82, 2.24) is 20.1 Å². The number of methoxy groups -OCH3 is 1. The van der Waals surface area contributed by atoms with Crippen molar-refractivity contribution in [3.05, 3.63) is 48.2 Å². The van der Waals surface area contributed by atoms with Gasteiger partial charge in [0, 0.05) is 36.8 Å². The minimum absolute atomic E-state index is 0.0257. The standard InChI is InChI=1S/C29H35N5O4/c1-18(2)24-16-33(11-12-34(24)28(35)38-29(3,4)5)25-10-9-23-22-8-7-19(13-21(22)17-37-27(23)31-25)20-14-26(36-6)32-30-15-20/h7-10,13-15,18,24H,11-12,16-17H2,1-6H3/t24-/m1/s1. The predicted molar refractivity (Wildman–Crippen MR) is 145 cm³/mol. The predicted octanol–water partition coefficient (Wildman–Crippen LogP) is 5.19. The van der Waals surface area contributed by atoms with Crippen molar-refractivity contribution in [1.29, 1.82) is 0 Å². The minimum atomic E-state index is -0.522. The van der Waals surface area contributed by atoms with E-state index in [0.717, 1.165) is 33.6 Å². The van der Waals surface area contributed by atoms with Crippen LogP contribution < -0.4 is 14.4 Å². The molecule has 1 aromatic carbocycles. The SMILES string of the molecule is COc1cc(-c2ccc3c(c2)COc2nc(N4CCN(C(=O)OC(C)(C)C)[C@@H](C(C)C)C4)ccc2-3)cnn1. The summed E-state index contributed by atoms with van der Waals surface area (Å²) in [5.74, 6) is 2.24. The lowest BCUT2D eigenvalue weighted by atomic mass is 9.95. The fourth-order valence-electron chi connectivity index (χ4n) is 4.96. The zero-order chi connectivity index (χ0) is 27.0. The van der Waals surface area contributed by atoms with Crippen LogP contribution in [-0.2, 0) is 11.3 Å². The fraction of sp³-hybridized carbons (Fsp3) is 0.448. The first-order valence-corrected chi connectivity index (χ1v) is 13.0. The molecule has 1 fully saturated rings. The third-order valence-corrected chi connectivity index (χ3v) is 6.92. The van der Waals surface area contributed by atoms with E-state index >= 15 is 0 Å². The number of aromatic nitrogens is 3. The quantitative estimate of drug-likeness (QED) is 0.467. The van der Waals surface area contributed by atoms with E-state index in [1.165, 1.54) is 0 Å². The highest BCUT2D eigenvalue weighted by molar-refractivity contribution is 5.78. The molecule has 0 bridgehead atoms. The Bertz CT molecular complexity index is 1340. The lowest BCUT2D eigenvalue weighted by Crippen LogP contribution is -2.58. The number of ether oxygens (including phenoxy) is 3. The molecule has 2 aromatic heterocycles. The zero-order valence-electron chi connectivity index (χ0n) is 22.9. The molecule has 5 rings (SSSR count). The Labute approximate surface area is 223 Å². The van der Waals surface area contributed by atoms with Crippen LogP contribution in [0.4, 0.5) is 10.6 Å². The summed E-state index contributed by atoms with van der Waals surface area (Å²) < 4.78 is 17.0. The molecule has 200 valence electrons. The van der Waals surface area contributed by atoms with E-state index in [1.54, 1.807) is 13.3 Å². The number of fused-ring (bicyclic) bond motifs is 3. The summed E-state index contributed by atoms with van der Waals surface area (Å²) in [4.78, 5) is 21.9. The van der Waals surface area contributed by atoms with Crippen molar-refractivity contribution in [2.24, 2.45) is 5.92 Å². The number of nitrogens with zero attached hydrogens (tertiary/aromatic N) is 5. The molecule has 0 saturated carbocycles. The summed E-state index contributed by atoms with van der Waals surface area (Å²) in [6, 6.07) is 12.3.